The van der Waals surface area contributed by atoms with Crippen molar-refractivity contribution >= 4 is 11.8 Å². The highest BCUT2D eigenvalue weighted by Crippen LogP contribution is 2.50. The summed E-state index contributed by atoms with van der Waals surface area (Å²) < 4.78 is 26.3. The zero-order valence-corrected chi connectivity index (χ0v) is 19.6. The van der Waals surface area contributed by atoms with Crippen LogP contribution in [-0.4, -0.2) is 35.8 Å². The van der Waals surface area contributed by atoms with Crippen molar-refractivity contribution in [3.05, 3.63) is 71.3 Å². The van der Waals surface area contributed by atoms with Crippen molar-refractivity contribution in [3.8, 4) is 0 Å². The van der Waals surface area contributed by atoms with Gasteiger partial charge in [0.2, 0.25) is 5.91 Å². The minimum absolute atomic E-state index is 0.00581. The third kappa shape index (κ3) is 6.64. The number of rotatable bonds is 10. The highest BCUT2D eigenvalue weighted by Gasteiger charge is 2.37. The molecular formula is C28H34F2N2O2. The predicted octanol–water partition coefficient (Wildman–Crippen LogP) is 5.83. The zero-order valence-electron chi connectivity index (χ0n) is 19.6. The quantitative estimate of drug-likeness (QED) is 0.446. The third-order valence-corrected chi connectivity index (χ3v) is 7.17. The van der Waals surface area contributed by atoms with Crippen LogP contribution in [0.1, 0.15) is 79.6 Å². The van der Waals surface area contributed by atoms with Gasteiger partial charge in [0.15, 0.2) is 0 Å². The van der Waals surface area contributed by atoms with Gasteiger partial charge in [0.25, 0.3) is 5.91 Å². The first-order chi connectivity index (χ1) is 16.5. The molecule has 0 bridgehead atoms. The predicted molar refractivity (Wildman–Crippen MR) is 128 cm³/mol. The van der Waals surface area contributed by atoms with E-state index in [1.165, 1.54) is 42.0 Å². The van der Waals surface area contributed by atoms with E-state index in [2.05, 4.69) is 5.32 Å². The third-order valence-electron chi connectivity index (χ3n) is 7.17. The maximum atomic E-state index is 13.2. The van der Waals surface area contributed by atoms with E-state index in [1.54, 1.807) is 0 Å². The fourth-order valence-electron chi connectivity index (χ4n) is 5.05. The minimum Gasteiger partial charge on any atom is -0.341 e. The highest BCUT2D eigenvalue weighted by molar-refractivity contribution is 5.97. The Morgan fingerprint density at radius 2 is 1.53 bits per heavy atom. The van der Waals surface area contributed by atoms with Gasteiger partial charge in [0, 0.05) is 18.7 Å². The molecule has 0 radical (unpaired) electrons. The van der Waals surface area contributed by atoms with Crippen LogP contribution in [0.5, 0.6) is 0 Å². The van der Waals surface area contributed by atoms with Gasteiger partial charge in [-0.3, -0.25) is 9.59 Å². The van der Waals surface area contributed by atoms with Gasteiger partial charge in [-0.25, -0.2) is 8.78 Å². The topological polar surface area (TPSA) is 49.4 Å². The molecule has 2 aliphatic rings. The first kappa shape index (κ1) is 24.4. The summed E-state index contributed by atoms with van der Waals surface area (Å²) >= 11 is 0. The summed E-state index contributed by atoms with van der Waals surface area (Å²) in [6, 6.07) is 11.7. The van der Waals surface area contributed by atoms with E-state index in [9.17, 15) is 18.4 Å². The average molecular weight is 469 g/mol. The summed E-state index contributed by atoms with van der Waals surface area (Å²) in [4.78, 5) is 27.7. The zero-order chi connectivity index (χ0) is 23.9. The standard InChI is InChI=1S/C28H34F2N2O2/c29-23-13-9-20(10-14-23)25-19-22(25)7-3-1-4-8-26(28(34)32-17-5-2-6-18-32)31-27(33)21-11-15-24(30)16-12-21/h9-16,22,25-26H,1-8,17-19H2,(H,31,33)/t22-,25+,26+/m1/s1. The summed E-state index contributed by atoms with van der Waals surface area (Å²) in [5.74, 6) is 0.276. The fourth-order valence-corrected chi connectivity index (χ4v) is 5.05. The number of halogens is 2. The van der Waals surface area contributed by atoms with E-state index >= 15 is 0 Å². The van der Waals surface area contributed by atoms with Gasteiger partial charge < -0.3 is 10.2 Å². The molecule has 182 valence electrons. The molecule has 1 aliphatic heterocycles. The summed E-state index contributed by atoms with van der Waals surface area (Å²) in [7, 11) is 0. The van der Waals surface area contributed by atoms with Gasteiger partial charge in [-0.05, 0) is 92.3 Å². The Labute approximate surface area is 200 Å². The normalized spacial score (nSPS) is 20.6. The van der Waals surface area contributed by atoms with Crippen LogP contribution in [-0.2, 0) is 4.79 Å². The van der Waals surface area contributed by atoms with Gasteiger partial charge in [0.1, 0.15) is 17.7 Å². The van der Waals surface area contributed by atoms with Crippen molar-refractivity contribution in [1.29, 1.82) is 0 Å². The minimum atomic E-state index is -0.552. The van der Waals surface area contributed by atoms with Crippen LogP contribution >= 0.6 is 0 Å². The molecule has 2 aromatic carbocycles. The van der Waals surface area contributed by atoms with E-state index in [0.717, 1.165) is 64.5 Å². The van der Waals surface area contributed by atoms with Crippen molar-refractivity contribution in [2.75, 3.05) is 13.1 Å². The molecule has 3 atom stereocenters. The Morgan fingerprint density at radius 1 is 0.882 bits per heavy atom. The lowest BCUT2D eigenvalue weighted by molar-refractivity contribution is -0.134. The van der Waals surface area contributed by atoms with Crippen LogP contribution in [0.2, 0.25) is 0 Å². The van der Waals surface area contributed by atoms with Crippen LogP contribution in [0.25, 0.3) is 0 Å². The fraction of sp³-hybridized carbons (Fsp3) is 0.500. The number of nitrogens with zero attached hydrogens (tertiary/aromatic N) is 1. The number of piperidine rings is 1. The molecule has 1 aliphatic carbocycles. The van der Waals surface area contributed by atoms with Gasteiger partial charge in [-0.15, -0.1) is 0 Å². The molecule has 1 N–H and O–H groups in total. The number of hydrogen-bond acceptors (Lipinski definition) is 2. The second-order valence-corrected chi connectivity index (χ2v) is 9.71. The summed E-state index contributed by atoms with van der Waals surface area (Å²) in [6.07, 6.45) is 8.99. The molecule has 1 saturated carbocycles. The number of likely N-dealkylation sites (tertiary alicyclic amines) is 1. The molecule has 34 heavy (non-hydrogen) atoms. The van der Waals surface area contributed by atoms with E-state index in [4.69, 9.17) is 0 Å². The second-order valence-electron chi connectivity index (χ2n) is 9.71. The summed E-state index contributed by atoms with van der Waals surface area (Å²) in [6.45, 7) is 1.49. The molecule has 1 heterocycles. The molecule has 2 amide bonds. The molecule has 0 unspecified atom stereocenters. The molecule has 0 aromatic heterocycles. The molecule has 4 rings (SSSR count). The molecule has 6 heteroatoms. The van der Waals surface area contributed by atoms with Crippen LogP contribution in [0.15, 0.2) is 48.5 Å². The highest BCUT2D eigenvalue weighted by atomic mass is 19.1. The van der Waals surface area contributed by atoms with Crippen molar-refractivity contribution in [1.82, 2.24) is 10.2 Å². The lowest BCUT2D eigenvalue weighted by atomic mass is 10.0. The van der Waals surface area contributed by atoms with Crippen molar-refractivity contribution in [2.45, 2.75) is 69.7 Å². The second kappa shape index (κ2) is 11.6. The van der Waals surface area contributed by atoms with Crippen LogP contribution in [0.3, 0.4) is 0 Å². The van der Waals surface area contributed by atoms with Gasteiger partial charge >= 0.3 is 0 Å². The summed E-state index contributed by atoms with van der Waals surface area (Å²) in [5, 5.41) is 2.91. The van der Waals surface area contributed by atoms with E-state index in [0.29, 0.717) is 23.8 Å². The number of amides is 2. The van der Waals surface area contributed by atoms with E-state index in [-0.39, 0.29) is 17.6 Å². The van der Waals surface area contributed by atoms with Gasteiger partial charge in [-0.1, -0.05) is 31.4 Å². The van der Waals surface area contributed by atoms with E-state index in [1.807, 2.05) is 17.0 Å². The SMILES string of the molecule is O=C(N[C@@H](CCCCC[C@@H]1C[C@H]1c1ccc(F)cc1)C(=O)N1CCCCC1)c1ccc(F)cc1. The lowest BCUT2D eigenvalue weighted by Gasteiger charge is -2.31. The largest absolute Gasteiger partial charge is 0.341 e. The number of benzene rings is 2. The van der Waals surface area contributed by atoms with Crippen molar-refractivity contribution < 1.29 is 18.4 Å². The molecule has 0 spiro atoms. The molecular weight excluding hydrogens is 434 g/mol. The Bertz CT molecular complexity index is 955. The number of nitrogens with one attached hydrogen (secondary N) is 1. The van der Waals surface area contributed by atoms with Crippen molar-refractivity contribution in [3.63, 3.8) is 0 Å². The Kier molecular flexibility index (Phi) is 8.30. The van der Waals surface area contributed by atoms with Gasteiger partial charge in [0.05, 0.1) is 0 Å². The van der Waals surface area contributed by atoms with Crippen LogP contribution < -0.4 is 5.32 Å². The van der Waals surface area contributed by atoms with E-state index < -0.39 is 11.9 Å². The number of carbonyl (C=O) groups is 2. The first-order valence-corrected chi connectivity index (χ1v) is 12.6. The summed E-state index contributed by atoms with van der Waals surface area (Å²) in [5.41, 5.74) is 1.58. The Hall–Kier alpha value is -2.76. The van der Waals surface area contributed by atoms with Crippen molar-refractivity contribution in [2.24, 2.45) is 5.92 Å². The number of carbonyl (C=O) groups excluding carboxylic acids is 2. The van der Waals surface area contributed by atoms with Crippen LogP contribution in [0, 0.1) is 17.6 Å². The monoisotopic (exact) mass is 468 g/mol. The molecule has 2 aromatic rings. The van der Waals surface area contributed by atoms with Gasteiger partial charge in [-0.2, -0.15) is 0 Å². The van der Waals surface area contributed by atoms with Crippen LogP contribution in [0.4, 0.5) is 8.78 Å². The molecule has 1 saturated heterocycles. The maximum Gasteiger partial charge on any atom is 0.251 e. The Morgan fingerprint density at radius 3 is 2.21 bits per heavy atom. The lowest BCUT2D eigenvalue weighted by Crippen LogP contribution is -2.50. The smallest absolute Gasteiger partial charge is 0.251 e. The Balaban J connectivity index is 1.25. The molecule has 4 nitrogen and oxygen atoms in total. The molecule has 2 fully saturated rings. The first-order valence-electron chi connectivity index (χ1n) is 12.6. The number of hydrogen-bond donors (Lipinski definition) is 1. The number of unbranched alkanes of at least 4 members (excludes halogenated alkanes) is 2. The maximum absolute atomic E-state index is 13.2. The average Bonchev–Trinajstić information content (AvgIpc) is 3.63.